The molecule has 4 nitrogen and oxygen atoms in total. The number of benzene rings is 1. The van der Waals surface area contributed by atoms with Crippen molar-refractivity contribution in [3.63, 3.8) is 0 Å². The minimum absolute atomic E-state index is 0.152. The van der Waals surface area contributed by atoms with Gasteiger partial charge in [-0.2, -0.15) is 0 Å². The van der Waals surface area contributed by atoms with E-state index in [1.54, 1.807) is 24.3 Å². The largest absolute Gasteiger partial charge is 0.338 e. The highest BCUT2D eigenvalue weighted by molar-refractivity contribution is 6.30. The zero-order valence-corrected chi connectivity index (χ0v) is 12.6. The lowest BCUT2D eigenvalue weighted by molar-refractivity contribution is 0.249. The van der Waals surface area contributed by atoms with E-state index < -0.39 is 0 Å². The van der Waals surface area contributed by atoms with Gasteiger partial charge in [-0.1, -0.05) is 18.5 Å². The summed E-state index contributed by atoms with van der Waals surface area (Å²) >= 11 is 5.80. The van der Waals surface area contributed by atoms with Crippen molar-refractivity contribution in [2.24, 2.45) is 5.92 Å². The first-order valence-electron chi connectivity index (χ1n) is 7.20. The fourth-order valence-corrected chi connectivity index (χ4v) is 2.67. The van der Waals surface area contributed by atoms with Crippen LogP contribution in [-0.2, 0) is 0 Å². The maximum atomic E-state index is 11.8. The molecular formula is C15H22ClN3O. The number of rotatable bonds is 5. The number of nitrogens with one attached hydrogen (secondary N) is 2. The van der Waals surface area contributed by atoms with E-state index in [1.807, 2.05) is 0 Å². The Balaban J connectivity index is 1.69. The molecule has 1 aromatic rings. The minimum Gasteiger partial charge on any atom is -0.338 e. The SMILES string of the molecule is CCCN1CCC(CNC(=O)Nc2ccc(Cl)cc2)C1. The van der Waals surface area contributed by atoms with E-state index in [1.165, 1.54) is 12.8 Å². The molecule has 2 rings (SSSR count). The first-order chi connectivity index (χ1) is 9.67. The molecule has 2 N–H and O–H groups in total. The molecule has 0 spiro atoms. The van der Waals surface area contributed by atoms with E-state index in [2.05, 4.69) is 22.5 Å². The zero-order valence-electron chi connectivity index (χ0n) is 11.9. The van der Waals surface area contributed by atoms with Gasteiger partial charge < -0.3 is 15.5 Å². The van der Waals surface area contributed by atoms with Crippen LogP contribution in [0.3, 0.4) is 0 Å². The van der Waals surface area contributed by atoms with Crippen LogP contribution < -0.4 is 10.6 Å². The molecule has 20 heavy (non-hydrogen) atoms. The molecule has 1 heterocycles. The Morgan fingerprint density at radius 3 is 2.85 bits per heavy atom. The molecule has 0 saturated carbocycles. The van der Waals surface area contributed by atoms with Crippen molar-refractivity contribution in [1.82, 2.24) is 10.2 Å². The zero-order chi connectivity index (χ0) is 14.4. The summed E-state index contributed by atoms with van der Waals surface area (Å²) in [5.74, 6) is 0.567. The Hall–Kier alpha value is -1.26. The number of hydrogen-bond acceptors (Lipinski definition) is 2. The Morgan fingerprint density at radius 1 is 1.40 bits per heavy atom. The van der Waals surface area contributed by atoms with Gasteiger partial charge in [-0.05, 0) is 56.1 Å². The normalized spacial score (nSPS) is 19.0. The van der Waals surface area contributed by atoms with Gasteiger partial charge in [-0.3, -0.25) is 0 Å². The molecule has 2 amide bonds. The van der Waals surface area contributed by atoms with Gasteiger partial charge in [0.2, 0.25) is 0 Å². The van der Waals surface area contributed by atoms with Crippen molar-refractivity contribution in [3.8, 4) is 0 Å². The van der Waals surface area contributed by atoms with Crippen LogP contribution in [-0.4, -0.2) is 37.1 Å². The highest BCUT2D eigenvalue weighted by atomic mass is 35.5. The average molecular weight is 296 g/mol. The monoisotopic (exact) mass is 295 g/mol. The highest BCUT2D eigenvalue weighted by Crippen LogP contribution is 2.16. The van der Waals surface area contributed by atoms with Gasteiger partial charge in [0.15, 0.2) is 0 Å². The Morgan fingerprint density at radius 2 is 2.15 bits per heavy atom. The molecule has 110 valence electrons. The van der Waals surface area contributed by atoms with Gasteiger partial charge in [0.25, 0.3) is 0 Å². The third-order valence-corrected chi connectivity index (χ3v) is 3.82. The van der Waals surface area contributed by atoms with Crippen molar-refractivity contribution >= 4 is 23.3 Å². The molecule has 1 unspecified atom stereocenters. The minimum atomic E-state index is -0.152. The molecule has 5 heteroatoms. The average Bonchev–Trinajstić information content (AvgIpc) is 2.87. The molecule has 0 bridgehead atoms. The summed E-state index contributed by atoms with van der Waals surface area (Å²) in [6.45, 7) is 6.34. The Kier molecular flexibility index (Phi) is 5.68. The summed E-state index contributed by atoms with van der Waals surface area (Å²) in [4.78, 5) is 14.3. The highest BCUT2D eigenvalue weighted by Gasteiger charge is 2.21. The third-order valence-electron chi connectivity index (χ3n) is 3.56. The summed E-state index contributed by atoms with van der Waals surface area (Å²) in [5.41, 5.74) is 0.755. The summed E-state index contributed by atoms with van der Waals surface area (Å²) < 4.78 is 0. The molecular weight excluding hydrogens is 274 g/mol. The van der Waals surface area contributed by atoms with Crippen LogP contribution in [0.25, 0.3) is 0 Å². The number of anilines is 1. The lowest BCUT2D eigenvalue weighted by Gasteiger charge is -2.15. The quantitative estimate of drug-likeness (QED) is 0.876. The third kappa shape index (κ3) is 4.69. The summed E-state index contributed by atoms with van der Waals surface area (Å²) in [6.07, 6.45) is 2.36. The van der Waals surface area contributed by atoms with E-state index in [9.17, 15) is 4.79 Å². The number of amides is 2. The van der Waals surface area contributed by atoms with E-state index >= 15 is 0 Å². The Labute approximate surface area is 125 Å². The number of carbonyl (C=O) groups is 1. The van der Waals surface area contributed by atoms with E-state index in [4.69, 9.17) is 11.6 Å². The molecule has 1 atom stereocenters. The number of carbonyl (C=O) groups excluding carboxylic acids is 1. The lowest BCUT2D eigenvalue weighted by atomic mass is 10.1. The summed E-state index contributed by atoms with van der Waals surface area (Å²) in [7, 11) is 0. The topological polar surface area (TPSA) is 44.4 Å². The number of halogens is 1. The maximum Gasteiger partial charge on any atom is 0.319 e. The summed E-state index contributed by atoms with van der Waals surface area (Å²) in [5, 5.41) is 6.41. The van der Waals surface area contributed by atoms with Gasteiger partial charge in [-0.15, -0.1) is 0 Å². The standard InChI is InChI=1S/C15H22ClN3O/c1-2-8-19-9-7-12(11-19)10-17-15(20)18-14-5-3-13(16)4-6-14/h3-6,12H,2,7-11H2,1H3,(H2,17,18,20). The van der Waals surface area contributed by atoms with Crippen LogP contribution in [0.4, 0.5) is 10.5 Å². The number of nitrogens with zero attached hydrogens (tertiary/aromatic N) is 1. The summed E-state index contributed by atoms with van der Waals surface area (Å²) in [6, 6.07) is 6.95. The van der Waals surface area contributed by atoms with Crippen LogP contribution >= 0.6 is 11.6 Å². The van der Waals surface area contributed by atoms with Crippen molar-refractivity contribution in [2.45, 2.75) is 19.8 Å². The lowest BCUT2D eigenvalue weighted by Crippen LogP contribution is -2.34. The molecule has 0 aromatic heterocycles. The van der Waals surface area contributed by atoms with Gasteiger partial charge in [0.1, 0.15) is 0 Å². The smallest absolute Gasteiger partial charge is 0.319 e. The second-order valence-corrected chi connectivity index (χ2v) is 5.73. The van der Waals surface area contributed by atoms with Gasteiger partial charge in [-0.25, -0.2) is 4.79 Å². The Bertz CT molecular complexity index is 435. The molecule has 0 aliphatic carbocycles. The van der Waals surface area contributed by atoms with Gasteiger partial charge >= 0.3 is 6.03 Å². The maximum absolute atomic E-state index is 11.8. The van der Waals surface area contributed by atoms with Crippen LogP contribution in [0.1, 0.15) is 19.8 Å². The predicted molar refractivity (Wildman–Crippen MR) is 83.3 cm³/mol. The number of hydrogen-bond donors (Lipinski definition) is 2. The van der Waals surface area contributed by atoms with Crippen LogP contribution in [0.2, 0.25) is 5.02 Å². The predicted octanol–water partition coefficient (Wildman–Crippen LogP) is 3.19. The van der Waals surface area contributed by atoms with Crippen molar-refractivity contribution < 1.29 is 4.79 Å². The first-order valence-corrected chi connectivity index (χ1v) is 7.58. The molecule has 1 aromatic carbocycles. The molecule has 1 fully saturated rings. The molecule has 1 saturated heterocycles. The van der Waals surface area contributed by atoms with E-state index in [-0.39, 0.29) is 6.03 Å². The number of likely N-dealkylation sites (tertiary alicyclic amines) is 1. The number of urea groups is 1. The van der Waals surface area contributed by atoms with Crippen LogP contribution in [0, 0.1) is 5.92 Å². The second kappa shape index (κ2) is 7.50. The molecule has 0 radical (unpaired) electrons. The fourth-order valence-electron chi connectivity index (χ4n) is 2.54. The van der Waals surface area contributed by atoms with Crippen LogP contribution in [0.5, 0.6) is 0 Å². The van der Waals surface area contributed by atoms with E-state index in [0.29, 0.717) is 10.9 Å². The van der Waals surface area contributed by atoms with Gasteiger partial charge in [0.05, 0.1) is 0 Å². The first kappa shape index (κ1) is 15.1. The fraction of sp³-hybridized carbons (Fsp3) is 0.533. The van der Waals surface area contributed by atoms with Crippen molar-refractivity contribution in [1.29, 1.82) is 0 Å². The second-order valence-electron chi connectivity index (χ2n) is 5.30. The molecule has 1 aliphatic rings. The van der Waals surface area contributed by atoms with Crippen molar-refractivity contribution in [2.75, 3.05) is 31.5 Å². The van der Waals surface area contributed by atoms with Crippen LogP contribution in [0.15, 0.2) is 24.3 Å². The van der Waals surface area contributed by atoms with E-state index in [0.717, 1.165) is 31.9 Å². The van der Waals surface area contributed by atoms with Gasteiger partial charge in [0, 0.05) is 23.8 Å². The molecule has 1 aliphatic heterocycles. The van der Waals surface area contributed by atoms with Crippen molar-refractivity contribution in [3.05, 3.63) is 29.3 Å².